The molecule has 1 N–H and O–H groups in total. The third kappa shape index (κ3) is 1.72. The largest absolute Gasteiger partial charge is 0.352 e. The smallest absolute Gasteiger partial charge is 0.332 e. The van der Waals surface area contributed by atoms with Gasteiger partial charge in [-0.25, -0.2) is 18.5 Å². The number of benzene rings is 1. The molecule has 8 heteroatoms. The number of nitrogens with one attached hydrogen (secondary N) is 1. The van der Waals surface area contributed by atoms with Gasteiger partial charge in [0.05, 0.1) is 5.69 Å². The summed E-state index contributed by atoms with van der Waals surface area (Å²) in [5.41, 5.74) is -0.316. The molecule has 2 aliphatic heterocycles. The molecule has 0 spiro atoms. The normalized spacial score (nSPS) is 22.1. The Balaban J connectivity index is 2.00. The maximum atomic E-state index is 13.7. The fraction of sp³-hybridized carbons (Fsp3) is 0.250. The maximum absolute atomic E-state index is 13.7. The van der Waals surface area contributed by atoms with Crippen LogP contribution in [0.1, 0.15) is 0 Å². The van der Waals surface area contributed by atoms with Gasteiger partial charge in [-0.15, -0.1) is 0 Å². The van der Waals surface area contributed by atoms with E-state index in [-0.39, 0.29) is 24.7 Å². The van der Waals surface area contributed by atoms with Crippen molar-refractivity contribution in [2.75, 3.05) is 18.0 Å². The van der Waals surface area contributed by atoms with E-state index in [1.54, 1.807) is 0 Å². The summed E-state index contributed by atoms with van der Waals surface area (Å²) in [5, 5.41) is 2.47. The first kappa shape index (κ1) is 12.5. The van der Waals surface area contributed by atoms with Gasteiger partial charge in [0.15, 0.2) is 0 Å². The average molecular weight is 281 g/mol. The van der Waals surface area contributed by atoms with E-state index < -0.39 is 29.6 Å². The lowest BCUT2D eigenvalue weighted by atomic mass is 10.2. The minimum atomic E-state index is -1.01. The number of anilines is 1. The molecule has 1 aromatic carbocycles. The van der Waals surface area contributed by atoms with E-state index >= 15 is 0 Å². The van der Waals surface area contributed by atoms with E-state index in [2.05, 4.69) is 5.32 Å². The molecule has 104 valence electrons. The van der Waals surface area contributed by atoms with Crippen molar-refractivity contribution in [1.82, 2.24) is 10.2 Å². The van der Waals surface area contributed by atoms with E-state index in [0.717, 1.165) is 17.0 Å². The number of hydrogen-bond donors (Lipinski definition) is 1. The Morgan fingerprint density at radius 1 is 1.20 bits per heavy atom. The molecule has 1 aromatic rings. The predicted molar refractivity (Wildman–Crippen MR) is 62.7 cm³/mol. The summed E-state index contributed by atoms with van der Waals surface area (Å²) in [6.45, 7) is -0.267. The highest BCUT2D eigenvalue weighted by Gasteiger charge is 2.49. The summed E-state index contributed by atoms with van der Waals surface area (Å²) in [6.07, 6.45) is 0. The molecule has 3 rings (SSSR count). The number of carbonyl (C=O) groups is 3. The second-order valence-electron chi connectivity index (χ2n) is 4.50. The molecule has 2 fully saturated rings. The van der Waals surface area contributed by atoms with Crippen molar-refractivity contribution in [2.24, 2.45) is 0 Å². The van der Waals surface area contributed by atoms with Crippen LogP contribution in [0.4, 0.5) is 19.3 Å². The van der Waals surface area contributed by atoms with Crippen LogP contribution in [0.25, 0.3) is 0 Å². The molecule has 2 aliphatic rings. The number of hydrogen-bond acceptors (Lipinski definition) is 3. The van der Waals surface area contributed by atoms with Gasteiger partial charge in [0.2, 0.25) is 5.91 Å². The van der Waals surface area contributed by atoms with Gasteiger partial charge in [-0.05, 0) is 12.1 Å². The zero-order valence-electron chi connectivity index (χ0n) is 10.1. The Labute approximate surface area is 111 Å². The lowest BCUT2D eigenvalue weighted by Crippen LogP contribution is -2.54. The molecule has 1 unspecified atom stereocenters. The van der Waals surface area contributed by atoms with Crippen molar-refractivity contribution in [3.05, 3.63) is 29.8 Å². The highest BCUT2D eigenvalue weighted by molar-refractivity contribution is 6.22. The van der Waals surface area contributed by atoms with Gasteiger partial charge in [-0.3, -0.25) is 9.59 Å². The lowest BCUT2D eigenvalue weighted by molar-refractivity contribution is -0.126. The average Bonchev–Trinajstić information content (AvgIpc) is 2.63. The Kier molecular flexibility index (Phi) is 2.66. The van der Waals surface area contributed by atoms with E-state index in [4.69, 9.17) is 0 Å². The van der Waals surface area contributed by atoms with E-state index in [9.17, 15) is 23.2 Å². The minimum Gasteiger partial charge on any atom is -0.352 e. The third-order valence-electron chi connectivity index (χ3n) is 3.28. The Bertz CT molecular complexity index is 634. The molecule has 0 aliphatic carbocycles. The lowest BCUT2D eigenvalue weighted by Gasteiger charge is -2.26. The molecule has 4 amide bonds. The molecule has 2 saturated heterocycles. The Morgan fingerprint density at radius 2 is 1.95 bits per heavy atom. The maximum Gasteiger partial charge on any atom is 0.332 e. The number of fused-ring (bicyclic) bond motifs is 1. The molecular formula is C12H9F2N3O3. The van der Waals surface area contributed by atoms with Crippen molar-refractivity contribution < 1.29 is 23.2 Å². The van der Waals surface area contributed by atoms with Gasteiger partial charge in [0.25, 0.3) is 5.91 Å². The number of piperazine rings is 1. The van der Waals surface area contributed by atoms with E-state index in [0.29, 0.717) is 11.0 Å². The quantitative estimate of drug-likeness (QED) is 0.749. The number of imide groups is 1. The van der Waals surface area contributed by atoms with Crippen LogP contribution in [0.15, 0.2) is 18.2 Å². The van der Waals surface area contributed by atoms with Crippen LogP contribution in [-0.2, 0) is 9.59 Å². The molecular weight excluding hydrogens is 272 g/mol. The zero-order chi connectivity index (χ0) is 14.4. The van der Waals surface area contributed by atoms with Gasteiger partial charge in [-0.1, -0.05) is 0 Å². The van der Waals surface area contributed by atoms with Crippen molar-refractivity contribution >= 4 is 23.5 Å². The molecule has 0 radical (unpaired) electrons. The standard InChI is InChI=1S/C12H9F2N3O3/c13-6-1-2-8(7(14)3-6)17-11(19)9-4-15-10(18)5-16(9)12(17)20/h1-3,9H,4-5H2,(H,15,18). The molecule has 2 heterocycles. The van der Waals surface area contributed by atoms with Crippen LogP contribution >= 0.6 is 0 Å². The van der Waals surface area contributed by atoms with Crippen molar-refractivity contribution in [2.45, 2.75) is 6.04 Å². The fourth-order valence-corrected chi connectivity index (χ4v) is 2.32. The van der Waals surface area contributed by atoms with Gasteiger partial charge in [0, 0.05) is 12.6 Å². The monoisotopic (exact) mass is 281 g/mol. The van der Waals surface area contributed by atoms with Crippen LogP contribution in [-0.4, -0.2) is 41.9 Å². The first-order chi connectivity index (χ1) is 9.49. The van der Waals surface area contributed by atoms with Crippen LogP contribution in [0.5, 0.6) is 0 Å². The van der Waals surface area contributed by atoms with Crippen LogP contribution in [0, 0.1) is 11.6 Å². The summed E-state index contributed by atoms with van der Waals surface area (Å²) in [7, 11) is 0. The topological polar surface area (TPSA) is 69.7 Å². The number of nitrogens with zero attached hydrogens (tertiary/aromatic N) is 2. The predicted octanol–water partition coefficient (Wildman–Crippen LogP) is 0.232. The van der Waals surface area contributed by atoms with E-state index in [1.165, 1.54) is 0 Å². The first-order valence-corrected chi connectivity index (χ1v) is 5.85. The zero-order valence-corrected chi connectivity index (χ0v) is 10.1. The highest BCUT2D eigenvalue weighted by Crippen LogP contribution is 2.28. The van der Waals surface area contributed by atoms with Gasteiger partial charge in [0.1, 0.15) is 24.2 Å². The molecule has 0 bridgehead atoms. The minimum absolute atomic E-state index is 0.0112. The van der Waals surface area contributed by atoms with Crippen molar-refractivity contribution in [1.29, 1.82) is 0 Å². The number of rotatable bonds is 1. The van der Waals surface area contributed by atoms with Gasteiger partial charge in [-0.2, -0.15) is 0 Å². The second kappa shape index (κ2) is 4.26. The van der Waals surface area contributed by atoms with Gasteiger partial charge < -0.3 is 10.2 Å². The SMILES string of the molecule is O=C1CN2C(=O)N(c3ccc(F)cc3F)C(=O)C2CN1. The summed E-state index contributed by atoms with van der Waals surface area (Å²) in [6, 6.07) is 0.954. The van der Waals surface area contributed by atoms with Crippen LogP contribution in [0.3, 0.4) is 0 Å². The number of halogens is 2. The number of carbonyl (C=O) groups excluding carboxylic acids is 3. The van der Waals surface area contributed by atoms with Gasteiger partial charge >= 0.3 is 6.03 Å². The molecule has 0 aromatic heterocycles. The second-order valence-corrected chi connectivity index (χ2v) is 4.50. The summed E-state index contributed by atoms with van der Waals surface area (Å²) >= 11 is 0. The van der Waals surface area contributed by atoms with Crippen molar-refractivity contribution in [3.63, 3.8) is 0 Å². The molecule has 0 saturated carbocycles. The van der Waals surface area contributed by atoms with Crippen LogP contribution < -0.4 is 10.2 Å². The Morgan fingerprint density at radius 3 is 2.65 bits per heavy atom. The first-order valence-electron chi connectivity index (χ1n) is 5.85. The van der Waals surface area contributed by atoms with Crippen molar-refractivity contribution in [3.8, 4) is 0 Å². The highest BCUT2D eigenvalue weighted by atomic mass is 19.1. The third-order valence-corrected chi connectivity index (χ3v) is 3.28. The number of urea groups is 1. The van der Waals surface area contributed by atoms with Crippen LogP contribution in [0.2, 0.25) is 0 Å². The molecule has 1 atom stereocenters. The Hall–Kier alpha value is -2.51. The van der Waals surface area contributed by atoms with E-state index in [1.807, 2.05) is 0 Å². The summed E-state index contributed by atoms with van der Waals surface area (Å²) in [4.78, 5) is 37.2. The summed E-state index contributed by atoms with van der Waals surface area (Å²) < 4.78 is 26.6. The summed E-state index contributed by atoms with van der Waals surface area (Å²) in [5.74, 6) is -2.84. The fourth-order valence-electron chi connectivity index (χ4n) is 2.32. The number of amides is 4. The molecule has 20 heavy (non-hydrogen) atoms. The molecule has 6 nitrogen and oxygen atoms in total.